The Labute approximate surface area is 189 Å². The van der Waals surface area contributed by atoms with Crippen LogP contribution in [-0.4, -0.2) is 55.2 Å². The first-order valence-corrected chi connectivity index (χ1v) is 11.8. The summed E-state index contributed by atoms with van der Waals surface area (Å²) in [6.07, 6.45) is 5.45. The number of nitrogens with one attached hydrogen (secondary N) is 1. The van der Waals surface area contributed by atoms with Gasteiger partial charge in [-0.2, -0.15) is 0 Å². The third-order valence-corrected chi connectivity index (χ3v) is 6.40. The number of guanidine groups is 1. The van der Waals surface area contributed by atoms with E-state index in [0.29, 0.717) is 6.54 Å². The Balaban J connectivity index is 1.61. The lowest BCUT2D eigenvalue weighted by Gasteiger charge is -2.32. The fraction of sp³-hybridized carbons (Fsp3) is 0.435. The zero-order valence-corrected chi connectivity index (χ0v) is 19.4. The Morgan fingerprint density at radius 2 is 2.00 bits per heavy atom. The number of hydrogen-bond donors (Lipinski definition) is 2. The molecule has 166 valence electrons. The van der Waals surface area contributed by atoms with Crippen molar-refractivity contribution >= 4 is 29.4 Å². The van der Waals surface area contributed by atoms with Crippen LogP contribution in [0.2, 0.25) is 0 Å². The number of aromatic nitrogens is 1. The molecule has 0 atom stereocenters. The smallest absolute Gasteiger partial charge is 0.220 e. The summed E-state index contributed by atoms with van der Waals surface area (Å²) in [5, 5.41) is 3.47. The van der Waals surface area contributed by atoms with Gasteiger partial charge in [0.25, 0.3) is 0 Å². The van der Waals surface area contributed by atoms with Crippen LogP contribution in [0.3, 0.4) is 0 Å². The molecule has 1 aromatic heterocycles. The molecular weight excluding hydrogens is 408 g/mol. The van der Waals surface area contributed by atoms with Gasteiger partial charge in [-0.25, -0.2) is 4.98 Å². The molecule has 1 aromatic carbocycles. The Hall–Kier alpha value is -2.74. The molecule has 1 saturated heterocycles. The lowest BCUT2D eigenvalue weighted by atomic mass is 9.96. The number of primary amides is 1. The van der Waals surface area contributed by atoms with Crippen LogP contribution in [0.15, 0.2) is 52.5 Å². The summed E-state index contributed by atoms with van der Waals surface area (Å²) in [6, 6.07) is 12.6. The third kappa shape index (κ3) is 6.13. The third-order valence-electron chi connectivity index (χ3n) is 5.65. The van der Waals surface area contributed by atoms with Crippen molar-refractivity contribution in [3.8, 4) is 0 Å². The maximum Gasteiger partial charge on any atom is 0.220 e. The van der Waals surface area contributed by atoms with Crippen LogP contribution in [0.4, 0.5) is 5.82 Å². The van der Waals surface area contributed by atoms with Gasteiger partial charge in [-0.3, -0.25) is 9.79 Å². The van der Waals surface area contributed by atoms with Crippen LogP contribution < -0.4 is 16.0 Å². The summed E-state index contributed by atoms with van der Waals surface area (Å²) in [4.78, 5) is 26.1. The second-order valence-electron chi connectivity index (χ2n) is 7.75. The minimum absolute atomic E-state index is 0.0287. The highest BCUT2D eigenvalue weighted by atomic mass is 32.2. The van der Waals surface area contributed by atoms with E-state index in [9.17, 15) is 4.79 Å². The Morgan fingerprint density at radius 1 is 1.29 bits per heavy atom. The first kappa shape index (κ1) is 22.9. The molecule has 0 aliphatic carbocycles. The first-order valence-electron chi connectivity index (χ1n) is 10.5. The molecule has 31 heavy (non-hydrogen) atoms. The van der Waals surface area contributed by atoms with E-state index < -0.39 is 0 Å². The summed E-state index contributed by atoms with van der Waals surface area (Å²) in [5.41, 5.74) is 7.82. The van der Waals surface area contributed by atoms with Crippen LogP contribution >= 0.6 is 11.8 Å². The molecule has 0 radical (unpaired) electrons. The molecule has 2 aromatic rings. The number of aliphatic imine (C=N–C) groups is 1. The first-order chi connectivity index (χ1) is 15.0. The quantitative estimate of drug-likeness (QED) is 0.391. The van der Waals surface area contributed by atoms with Crippen LogP contribution in [0.1, 0.15) is 24.0 Å². The summed E-state index contributed by atoms with van der Waals surface area (Å²) >= 11 is 1.74. The van der Waals surface area contributed by atoms with E-state index in [-0.39, 0.29) is 11.8 Å². The van der Waals surface area contributed by atoms with Gasteiger partial charge in [0.2, 0.25) is 5.91 Å². The van der Waals surface area contributed by atoms with E-state index in [4.69, 9.17) is 5.73 Å². The van der Waals surface area contributed by atoms with Crippen molar-refractivity contribution in [2.45, 2.75) is 30.8 Å². The van der Waals surface area contributed by atoms with Crippen molar-refractivity contribution in [2.75, 3.05) is 38.3 Å². The maximum absolute atomic E-state index is 11.5. The highest BCUT2D eigenvalue weighted by Gasteiger charge is 2.25. The van der Waals surface area contributed by atoms with Gasteiger partial charge in [0, 0.05) is 62.8 Å². The molecule has 1 aliphatic rings. The summed E-state index contributed by atoms with van der Waals surface area (Å²) in [5.74, 6) is 1.57. The number of hydrogen-bond acceptors (Lipinski definition) is 5. The molecule has 7 nitrogen and oxygen atoms in total. The number of piperidine rings is 1. The van der Waals surface area contributed by atoms with Gasteiger partial charge >= 0.3 is 0 Å². The van der Waals surface area contributed by atoms with Gasteiger partial charge in [-0.05, 0) is 42.9 Å². The number of anilines is 1. The van der Waals surface area contributed by atoms with Crippen molar-refractivity contribution in [1.82, 2.24) is 15.2 Å². The van der Waals surface area contributed by atoms with Gasteiger partial charge in [0.05, 0.1) is 0 Å². The lowest BCUT2D eigenvalue weighted by Crippen LogP contribution is -2.40. The maximum atomic E-state index is 11.5. The van der Waals surface area contributed by atoms with E-state index in [0.717, 1.165) is 49.8 Å². The van der Waals surface area contributed by atoms with E-state index in [1.165, 1.54) is 10.5 Å². The van der Waals surface area contributed by atoms with E-state index in [2.05, 4.69) is 61.7 Å². The Morgan fingerprint density at radius 3 is 2.61 bits per heavy atom. The summed E-state index contributed by atoms with van der Waals surface area (Å²) in [6.45, 7) is 2.98. The van der Waals surface area contributed by atoms with Crippen LogP contribution in [0.5, 0.6) is 0 Å². The number of benzene rings is 1. The minimum Gasteiger partial charge on any atom is -0.369 e. The standard InChI is InChI=1S/C23H32N6OS/c1-25-23(28(2)16-17-6-8-20(31-3)9-7-17)27-15-19-5-4-12-26-22(19)29-13-10-18(11-14-29)21(24)30/h4-9,12,18H,10-11,13-16H2,1-3H3,(H2,24,30)(H,25,27). The van der Waals surface area contributed by atoms with Crippen molar-refractivity contribution < 1.29 is 4.79 Å². The highest BCUT2D eigenvalue weighted by molar-refractivity contribution is 7.98. The molecule has 1 amide bonds. The highest BCUT2D eigenvalue weighted by Crippen LogP contribution is 2.24. The predicted molar refractivity (Wildman–Crippen MR) is 128 cm³/mol. The number of nitrogens with two attached hydrogens (primary N) is 1. The average Bonchev–Trinajstić information content (AvgIpc) is 2.80. The second-order valence-corrected chi connectivity index (χ2v) is 8.63. The molecule has 0 saturated carbocycles. The molecule has 3 rings (SSSR count). The van der Waals surface area contributed by atoms with E-state index in [1.807, 2.05) is 19.3 Å². The second kappa shape index (κ2) is 11.0. The monoisotopic (exact) mass is 440 g/mol. The minimum atomic E-state index is -0.197. The van der Waals surface area contributed by atoms with Crippen LogP contribution in [0.25, 0.3) is 0 Å². The van der Waals surface area contributed by atoms with Crippen molar-refractivity contribution in [3.05, 3.63) is 53.7 Å². The fourth-order valence-corrected chi connectivity index (χ4v) is 4.28. The summed E-state index contributed by atoms with van der Waals surface area (Å²) in [7, 11) is 3.84. The Bertz CT molecular complexity index is 893. The average molecular weight is 441 g/mol. The number of rotatable bonds is 7. The predicted octanol–water partition coefficient (Wildman–Crippen LogP) is 2.71. The van der Waals surface area contributed by atoms with Crippen molar-refractivity contribution in [1.29, 1.82) is 0 Å². The van der Waals surface area contributed by atoms with Gasteiger partial charge < -0.3 is 20.9 Å². The molecule has 0 spiro atoms. The molecule has 8 heteroatoms. The molecule has 0 bridgehead atoms. The normalized spacial score (nSPS) is 15.1. The van der Waals surface area contributed by atoms with Gasteiger partial charge in [0.1, 0.15) is 5.82 Å². The van der Waals surface area contributed by atoms with E-state index in [1.54, 1.807) is 18.8 Å². The zero-order valence-electron chi connectivity index (χ0n) is 18.5. The number of carbonyl (C=O) groups excluding carboxylic acids is 1. The molecule has 1 aliphatic heterocycles. The molecular formula is C23H32N6OS. The van der Waals surface area contributed by atoms with Crippen LogP contribution in [-0.2, 0) is 17.9 Å². The molecule has 0 unspecified atom stereocenters. The lowest BCUT2D eigenvalue weighted by molar-refractivity contribution is -0.122. The number of carbonyl (C=O) groups is 1. The number of amides is 1. The molecule has 1 fully saturated rings. The number of pyridine rings is 1. The van der Waals surface area contributed by atoms with Gasteiger partial charge in [-0.1, -0.05) is 18.2 Å². The van der Waals surface area contributed by atoms with Gasteiger partial charge in [-0.15, -0.1) is 11.8 Å². The van der Waals surface area contributed by atoms with Crippen LogP contribution in [0, 0.1) is 5.92 Å². The topological polar surface area (TPSA) is 86.9 Å². The molecule has 3 N–H and O–H groups in total. The fourth-order valence-electron chi connectivity index (χ4n) is 3.87. The van der Waals surface area contributed by atoms with Gasteiger partial charge in [0.15, 0.2) is 5.96 Å². The largest absolute Gasteiger partial charge is 0.369 e. The van der Waals surface area contributed by atoms with Crippen molar-refractivity contribution in [2.24, 2.45) is 16.6 Å². The van der Waals surface area contributed by atoms with E-state index >= 15 is 0 Å². The SMILES string of the molecule is CN=C(NCc1cccnc1N1CCC(C(N)=O)CC1)N(C)Cc1ccc(SC)cc1. The zero-order chi connectivity index (χ0) is 22.2. The summed E-state index contributed by atoms with van der Waals surface area (Å²) < 4.78 is 0. The molecule has 2 heterocycles. The number of nitrogens with zero attached hydrogens (tertiary/aromatic N) is 4. The number of thioether (sulfide) groups is 1. The van der Waals surface area contributed by atoms with Crippen molar-refractivity contribution in [3.63, 3.8) is 0 Å². The Kier molecular flexibility index (Phi) is 8.17.